The number of fused-ring (bicyclic) bond motifs is 2. The topological polar surface area (TPSA) is 76.7 Å². The first-order chi connectivity index (χ1) is 14.5. The van der Waals surface area contributed by atoms with Gasteiger partial charge in [-0.25, -0.2) is 9.37 Å². The zero-order valence-electron chi connectivity index (χ0n) is 16.7. The van der Waals surface area contributed by atoms with Gasteiger partial charge in [0.05, 0.1) is 30.2 Å². The molecule has 1 amide bonds. The summed E-state index contributed by atoms with van der Waals surface area (Å²) in [5, 5.41) is 8.20. The number of aromatic nitrogens is 4. The van der Waals surface area contributed by atoms with Crippen LogP contribution in [0, 0.1) is 12.7 Å². The number of ether oxygens (including phenoxy) is 1. The highest BCUT2D eigenvalue weighted by Gasteiger charge is 2.20. The van der Waals surface area contributed by atoms with Gasteiger partial charge < -0.3 is 19.4 Å². The van der Waals surface area contributed by atoms with Gasteiger partial charge in [0, 0.05) is 55.9 Å². The summed E-state index contributed by atoms with van der Waals surface area (Å²) in [4.78, 5) is 19.4. The van der Waals surface area contributed by atoms with Gasteiger partial charge in [-0.2, -0.15) is 5.10 Å². The van der Waals surface area contributed by atoms with Crippen LogP contribution in [-0.4, -0.2) is 51.4 Å². The molecule has 0 unspecified atom stereocenters. The Morgan fingerprint density at radius 2 is 2.00 bits per heavy atom. The molecule has 4 heterocycles. The third-order valence-electron chi connectivity index (χ3n) is 5.25. The van der Waals surface area contributed by atoms with Gasteiger partial charge in [0.25, 0.3) is 5.91 Å². The molecule has 0 aliphatic carbocycles. The fourth-order valence-electron chi connectivity index (χ4n) is 3.92. The highest BCUT2D eigenvalue weighted by Crippen LogP contribution is 2.30. The van der Waals surface area contributed by atoms with Crippen LogP contribution in [0.4, 0.5) is 15.8 Å². The fraction of sp³-hybridized carbons (Fsp3) is 0.286. The number of halogens is 1. The number of carbonyl (C=O) groups is 1. The van der Waals surface area contributed by atoms with E-state index < -0.39 is 5.82 Å². The predicted octanol–water partition coefficient (Wildman–Crippen LogP) is 2.76. The number of hydrogen-bond acceptors (Lipinski definition) is 5. The Morgan fingerprint density at radius 1 is 1.20 bits per heavy atom. The SMILES string of the molecule is Cc1cn2cc(NC(=O)c3ccc(N4CCOCC4)c4cn(C)nc34)cc(F)c2n1. The lowest BCUT2D eigenvalue weighted by Crippen LogP contribution is -2.36. The molecule has 1 aliphatic rings. The van der Waals surface area contributed by atoms with Crippen molar-refractivity contribution in [2.75, 3.05) is 36.5 Å². The van der Waals surface area contributed by atoms with Gasteiger partial charge in [-0.3, -0.25) is 9.48 Å². The van der Waals surface area contributed by atoms with Crippen molar-refractivity contribution in [1.29, 1.82) is 0 Å². The van der Waals surface area contributed by atoms with Crippen LogP contribution in [0.3, 0.4) is 0 Å². The van der Waals surface area contributed by atoms with Gasteiger partial charge in [-0.15, -0.1) is 0 Å². The number of nitrogens with one attached hydrogen (secondary N) is 1. The predicted molar refractivity (Wildman–Crippen MR) is 112 cm³/mol. The molecule has 4 aromatic rings. The first-order valence-corrected chi connectivity index (χ1v) is 9.75. The maximum absolute atomic E-state index is 14.4. The molecule has 1 fully saturated rings. The number of aryl methyl sites for hydroxylation is 2. The fourth-order valence-corrected chi connectivity index (χ4v) is 3.92. The Labute approximate surface area is 171 Å². The molecule has 30 heavy (non-hydrogen) atoms. The monoisotopic (exact) mass is 408 g/mol. The van der Waals surface area contributed by atoms with E-state index in [1.54, 1.807) is 34.5 Å². The lowest BCUT2D eigenvalue weighted by Gasteiger charge is -2.29. The van der Waals surface area contributed by atoms with E-state index >= 15 is 0 Å². The van der Waals surface area contributed by atoms with Crippen molar-refractivity contribution in [3.8, 4) is 0 Å². The van der Waals surface area contributed by atoms with Crippen LogP contribution in [0.25, 0.3) is 16.6 Å². The van der Waals surface area contributed by atoms with E-state index in [1.165, 1.54) is 6.07 Å². The van der Waals surface area contributed by atoms with Crippen LogP contribution in [0.15, 0.2) is 36.8 Å². The molecular formula is C21H21FN6O2. The molecular weight excluding hydrogens is 387 g/mol. The van der Waals surface area contributed by atoms with E-state index in [0.29, 0.717) is 35.7 Å². The van der Waals surface area contributed by atoms with Crippen molar-refractivity contribution in [3.63, 3.8) is 0 Å². The molecule has 9 heteroatoms. The molecule has 0 atom stereocenters. The number of imidazole rings is 1. The quantitative estimate of drug-likeness (QED) is 0.564. The number of rotatable bonds is 3. The van der Waals surface area contributed by atoms with Crippen molar-refractivity contribution in [2.45, 2.75) is 6.92 Å². The standard InChI is InChI=1S/C21H21FN6O2/c1-13-10-28-11-14(9-17(22)20(28)23-13)24-21(29)15-3-4-18(27-5-7-30-8-6-27)16-12-26(2)25-19(15)16/h3-4,9-12H,5-8H2,1-2H3,(H,24,29). The Balaban J connectivity index is 1.51. The van der Waals surface area contributed by atoms with Gasteiger partial charge in [-0.1, -0.05) is 0 Å². The molecule has 0 spiro atoms. The smallest absolute Gasteiger partial charge is 0.257 e. The zero-order valence-corrected chi connectivity index (χ0v) is 16.7. The number of morpholine rings is 1. The Hall–Kier alpha value is -3.46. The van der Waals surface area contributed by atoms with Gasteiger partial charge >= 0.3 is 0 Å². The molecule has 0 bridgehead atoms. The van der Waals surface area contributed by atoms with Gasteiger partial charge in [0.2, 0.25) is 0 Å². The second-order valence-corrected chi connectivity index (χ2v) is 7.44. The summed E-state index contributed by atoms with van der Waals surface area (Å²) in [5.41, 5.74) is 3.35. The molecule has 0 saturated carbocycles. The molecule has 1 saturated heterocycles. The van der Waals surface area contributed by atoms with Crippen LogP contribution in [0.2, 0.25) is 0 Å². The summed E-state index contributed by atoms with van der Waals surface area (Å²) in [6.45, 7) is 4.72. The summed E-state index contributed by atoms with van der Waals surface area (Å²) in [7, 11) is 1.83. The van der Waals surface area contributed by atoms with Crippen molar-refractivity contribution < 1.29 is 13.9 Å². The number of carbonyl (C=O) groups excluding carboxylic acids is 1. The Morgan fingerprint density at radius 3 is 2.80 bits per heavy atom. The Bertz CT molecular complexity index is 1270. The molecule has 1 aliphatic heterocycles. The molecule has 3 aromatic heterocycles. The average molecular weight is 408 g/mol. The van der Waals surface area contributed by atoms with Crippen LogP contribution in [-0.2, 0) is 11.8 Å². The number of anilines is 2. The van der Waals surface area contributed by atoms with Gasteiger partial charge in [0.15, 0.2) is 11.5 Å². The summed E-state index contributed by atoms with van der Waals surface area (Å²) in [5.74, 6) is -0.839. The number of nitrogens with zero attached hydrogens (tertiary/aromatic N) is 5. The minimum atomic E-state index is -0.494. The second kappa shape index (κ2) is 7.10. The summed E-state index contributed by atoms with van der Waals surface area (Å²) < 4.78 is 23.1. The number of benzene rings is 1. The maximum atomic E-state index is 14.4. The lowest BCUT2D eigenvalue weighted by molar-refractivity contribution is 0.102. The Kier molecular flexibility index (Phi) is 4.39. The van der Waals surface area contributed by atoms with Crippen molar-refractivity contribution in [1.82, 2.24) is 19.2 Å². The highest BCUT2D eigenvalue weighted by atomic mass is 19.1. The van der Waals surface area contributed by atoms with Crippen LogP contribution in [0.1, 0.15) is 16.1 Å². The van der Waals surface area contributed by atoms with Crippen LogP contribution >= 0.6 is 0 Å². The molecule has 8 nitrogen and oxygen atoms in total. The summed E-state index contributed by atoms with van der Waals surface area (Å²) >= 11 is 0. The first kappa shape index (κ1) is 18.6. The number of hydrogen-bond donors (Lipinski definition) is 1. The molecule has 0 radical (unpaired) electrons. The zero-order chi connectivity index (χ0) is 20.8. The molecule has 154 valence electrons. The van der Waals surface area contributed by atoms with Crippen LogP contribution in [0.5, 0.6) is 0 Å². The second-order valence-electron chi connectivity index (χ2n) is 7.44. The highest BCUT2D eigenvalue weighted by molar-refractivity contribution is 6.13. The third-order valence-corrected chi connectivity index (χ3v) is 5.25. The van der Waals surface area contributed by atoms with Crippen molar-refractivity contribution >= 4 is 33.8 Å². The van der Waals surface area contributed by atoms with Gasteiger partial charge in [-0.05, 0) is 19.1 Å². The molecule has 1 aromatic carbocycles. The minimum absolute atomic E-state index is 0.229. The van der Waals surface area contributed by atoms with E-state index in [-0.39, 0.29) is 11.6 Å². The molecule has 1 N–H and O–H groups in total. The summed E-state index contributed by atoms with van der Waals surface area (Å²) in [6, 6.07) is 4.98. The summed E-state index contributed by atoms with van der Waals surface area (Å²) in [6.07, 6.45) is 5.27. The van der Waals surface area contributed by atoms with Crippen LogP contribution < -0.4 is 10.2 Å². The average Bonchev–Trinajstić information content (AvgIpc) is 3.29. The van der Waals surface area contributed by atoms with Gasteiger partial charge in [0.1, 0.15) is 5.52 Å². The minimum Gasteiger partial charge on any atom is -0.378 e. The normalized spacial score (nSPS) is 14.6. The van der Waals surface area contributed by atoms with E-state index in [9.17, 15) is 9.18 Å². The third kappa shape index (κ3) is 3.17. The van der Waals surface area contributed by atoms with Crippen molar-refractivity contribution in [2.24, 2.45) is 7.05 Å². The van der Waals surface area contributed by atoms with E-state index in [4.69, 9.17) is 4.74 Å². The number of amides is 1. The maximum Gasteiger partial charge on any atom is 0.257 e. The van der Waals surface area contributed by atoms with E-state index in [2.05, 4.69) is 20.3 Å². The molecule has 5 rings (SSSR count). The van der Waals surface area contributed by atoms with E-state index in [0.717, 1.165) is 24.2 Å². The van der Waals surface area contributed by atoms with E-state index in [1.807, 2.05) is 19.3 Å². The lowest BCUT2D eigenvalue weighted by atomic mass is 10.1. The number of pyridine rings is 1. The largest absolute Gasteiger partial charge is 0.378 e. The first-order valence-electron chi connectivity index (χ1n) is 9.75. The van der Waals surface area contributed by atoms with Crippen molar-refractivity contribution in [3.05, 3.63) is 53.9 Å².